The Morgan fingerprint density at radius 3 is 3.00 bits per heavy atom. The molecule has 2 saturated heterocycles. The van der Waals surface area contributed by atoms with Crippen LogP contribution in [0.1, 0.15) is 31.9 Å². The first kappa shape index (κ1) is 15.1. The number of hydrogen-bond acceptors (Lipinski definition) is 4. The van der Waals surface area contributed by atoms with Crippen LogP contribution in [0.25, 0.3) is 0 Å². The number of anilines is 1. The molecule has 0 aliphatic carbocycles. The lowest BCUT2D eigenvalue weighted by Crippen LogP contribution is -2.59. The molecule has 2 unspecified atom stereocenters. The van der Waals surface area contributed by atoms with E-state index in [1.54, 1.807) is 0 Å². The number of fused-ring (bicyclic) bond motifs is 1. The molecule has 0 bridgehead atoms. The van der Waals surface area contributed by atoms with E-state index in [1.165, 1.54) is 25.8 Å². The Hall–Kier alpha value is -0.840. The van der Waals surface area contributed by atoms with E-state index in [4.69, 9.17) is 16.6 Å². The van der Waals surface area contributed by atoms with Gasteiger partial charge in [-0.25, -0.2) is 4.98 Å². The first-order valence-corrected chi connectivity index (χ1v) is 8.37. The highest BCUT2D eigenvalue weighted by molar-refractivity contribution is 6.31. The van der Waals surface area contributed by atoms with Gasteiger partial charge in [-0.2, -0.15) is 0 Å². The molecule has 3 heterocycles. The monoisotopic (exact) mass is 308 g/mol. The van der Waals surface area contributed by atoms with Crippen LogP contribution in [0.15, 0.2) is 12.1 Å². The van der Waals surface area contributed by atoms with Crippen molar-refractivity contribution in [2.45, 2.75) is 44.8 Å². The zero-order chi connectivity index (χ0) is 14.8. The molecule has 0 saturated carbocycles. The van der Waals surface area contributed by atoms with Crippen LogP contribution >= 0.6 is 11.6 Å². The van der Waals surface area contributed by atoms with Crippen molar-refractivity contribution < 1.29 is 0 Å². The first-order valence-electron chi connectivity index (χ1n) is 7.99. The smallest absolute Gasteiger partial charge is 0.129 e. The fourth-order valence-corrected chi connectivity index (χ4v) is 3.77. The number of nitrogens with one attached hydrogen (secondary N) is 1. The molecule has 21 heavy (non-hydrogen) atoms. The maximum Gasteiger partial charge on any atom is 0.129 e. The molecule has 1 aromatic heterocycles. The van der Waals surface area contributed by atoms with Crippen LogP contribution in [-0.2, 0) is 6.54 Å². The van der Waals surface area contributed by atoms with Crippen LogP contribution in [0.3, 0.4) is 0 Å². The van der Waals surface area contributed by atoms with E-state index in [-0.39, 0.29) is 0 Å². The van der Waals surface area contributed by atoms with Gasteiger partial charge in [0.25, 0.3) is 0 Å². The van der Waals surface area contributed by atoms with Crippen LogP contribution in [0.4, 0.5) is 5.82 Å². The van der Waals surface area contributed by atoms with Crippen molar-refractivity contribution in [1.29, 1.82) is 0 Å². The summed E-state index contributed by atoms with van der Waals surface area (Å²) in [6.45, 7) is 6.52. The average Bonchev–Trinajstić information content (AvgIpc) is 2.49. The van der Waals surface area contributed by atoms with Gasteiger partial charge in [0, 0.05) is 31.7 Å². The van der Waals surface area contributed by atoms with Crippen molar-refractivity contribution in [3.63, 3.8) is 0 Å². The maximum absolute atomic E-state index is 6.23. The van der Waals surface area contributed by atoms with E-state index in [0.717, 1.165) is 29.6 Å². The van der Waals surface area contributed by atoms with Gasteiger partial charge in [0.15, 0.2) is 0 Å². The molecule has 0 aromatic carbocycles. The van der Waals surface area contributed by atoms with E-state index >= 15 is 0 Å². The molecular formula is C16H25ClN4. The van der Waals surface area contributed by atoms with Crippen LogP contribution in [0.5, 0.6) is 0 Å². The van der Waals surface area contributed by atoms with Crippen molar-refractivity contribution in [3.8, 4) is 0 Å². The third-order valence-corrected chi connectivity index (χ3v) is 5.07. The number of hydrogen-bond donors (Lipinski definition) is 1. The molecule has 2 atom stereocenters. The normalized spacial score (nSPS) is 26.7. The fraction of sp³-hybridized carbons (Fsp3) is 0.688. The molecule has 3 rings (SSSR count). The zero-order valence-corrected chi connectivity index (χ0v) is 13.7. The van der Waals surface area contributed by atoms with Crippen molar-refractivity contribution in [2.75, 3.05) is 31.6 Å². The number of piperazine rings is 1. The highest BCUT2D eigenvalue weighted by atomic mass is 35.5. The molecule has 0 spiro atoms. The first-order chi connectivity index (χ1) is 10.2. The van der Waals surface area contributed by atoms with Gasteiger partial charge < -0.3 is 10.2 Å². The fourth-order valence-electron chi connectivity index (χ4n) is 3.60. The van der Waals surface area contributed by atoms with Crippen molar-refractivity contribution in [1.82, 2.24) is 15.2 Å². The van der Waals surface area contributed by atoms with Crippen molar-refractivity contribution >= 4 is 17.4 Å². The summed E-state index contributed by atoms with van der Waals surface area (Å²) in [7, 11) is 1.92. The van der Waals surface area contributed by atoms with Gasteiger partial charge in [0.1, 0.15) is 5.82 Å². The Morgan fingerprint density at radius 2 is 2.19 bits per heavy atom. The van der Waals surface area contributed by atoms with Gasteiger partial charge >= 0.3 is 0 Å². The van der Waals surface area contributed by atoms with Crippen LogP contribution in [0.2, 0.25) is 5.02 Å². The third kappa shape index (κ3) is 3.17. The molecule has 2 aliphatic rings. The molecule has 5 heteroatoms. The second-order valence-corrected chi connectivity index (χ2v) is 6.68. The van der Waals surface area contributed by atoms with Gasteiger partial charge in [-0.1, -0.05) is 18.0 Å². The van der Waals surface area contributed by atoms with Crippen LogP contribution < -0.4 is 10.2 Å². The minimum absolute atomic E-state index is 0.510. The van der Waals surface area contributed by atoms with Crippen molar-refractivity contribution in [3.05, 3.63) is 22.8 Å². The Bertz CT molecular complexity index is 493. The molecule has 0 radical (unpaired) electrons. The van der Waals surface area contributed by atoms with Crippen molar-refractivity contribution in [2.24, 2.45) is 0 Å². The Morgan fingerprint density at radius 1 is 1.33 bits per heavy atom. The van der Waals surface area contributed by atoms with Gasteiger partial charge in [0.05, 0.1) is 10.7 Å². The predicted octanol–water partition coefficient (Wildman–Crippen LogP) is 2.52. The third-order valence-electron chi connectivity index (χ3n) is 4.73. The summed E-state index contributed by atoms with van der Waals surface area (Å²) >= 11 is 6.23. The zero-order valence-electron chi connectivity index (χ0n) is 13.0. The number of nitrogens with zero attached hydrogens (tertiary/aromatic N) is 3. The molecule has 2 aliphatic heterocycles. The maximum atomic E-state index is 6.23. The number of aromatic nitrogens is 1. The van der Waals surface area contributed by atoms with E-state index in [1.807, 2.05) is 13.1 Å². The second-order valence-electron chi connectivity index (χ2n) is 6.27. The summed E-state index contributed by atoms with van der Waals surface area (Å²) in [6, 6.07) is 5.25. The lowest BCUT2D eigenvalue weighted by Gasteiger charge is -2.48. The lowest BCUT2D eigenvalue weighted by molar-refractivity contribution is 0.115. The minimum atomic E-state index is 0.510. The summed E-state index contributed by atoms with van der Waals surface area (Å²) in [6.07, 6.45) is 4.04. The van der Waals surface area contributed by atoms with E-state index in [2.05, 4.69) is 28.1 Å². The molecule has 1 aromatic rings. The number of pyridine rings is 1. The minimum Gasteiger partial charge on any atom is -0.351 e. The van der Waals surface area contributed by atoms with E-state index < -0.39 is 0 Å². The molecule has 4 nitrogen and oxygen atoms in total. The molecule has 1 N–H and O–H groups in total. The standard InChI is InChI=1S/C16H25ClN4/c1-12-10-20-8-4-3-5-13(20)11-21(12)16-7-6-14(17)15(19-16)9-18-2/h6-7,12-13,18H,3-5,8-11H2,1-2H3. The Kier molecular flexibility index (Phi) is 4.67. The van der Waals surface area contributed by atoms with E-state index in [9.17, 15) is 0 Å². The number of rotatable bonds is 3. The molecule has 2 fully saturated rings. The lowest BCUT2D eigenvalue weighted by atomic mass is 9.97. The Labute approximate surface area is 132 Å². The highest BCUT2D eigenvalue weighted by Crippen LogP contribution is 2.28. The Balaban J connectivity index is 1.80. The molecule has 0 amide bonds. The molecule has 116 valence electrons. The summed E-state index contributed by atoms with van der Waals surface area (Å²) in [5.41, 5.74) is 0.940. The van der Waals surface area contributed by atoms with Crippen LogP contribution in [0, 0.1) is 0 Å². The number of halogens is 1. The van der Waals surface area contributed by atoms with Gasteiger partial charge in [-0.05, 0) is 45.5 Å². The topological polar surface area (TPSA) is 31.4 Å². The quantitative estimate of drug-likeness (QED) is 0.930. The average molecular weight is 309 g/mol. The van der Waals surface area contributed by atoms with E-state index in [0.29, 0.717) is 18.6 Å². The predicted molar refractivity (Wildman–Crippen MR) is 88.0 cm³/mol. The van der Waals surface area contributed by atoms with Gasteiger partial charge in [-0.3, -0.25) is 4.90 Å². The van der Waals surface area contributed by atoms with Crippen LogP contribution in [-0.4, -0.2) is 48.6 Å². The summed E-state index contributed by atoms with van der Waals surface area (Å²) in [4.78, 5) is 9.91. The highest BCUT2D eigenvalue weighted by Gasteiger charge is 2.33. The summed E-state index contributed by atoms with van der Waals surface area (Å²) < 4.78 is 0. The summed E-state index contributed by atoms with van der Waals surface area (Å²) in [5.74, 6) is 1.07. The largest absolute Gasteiger partial charge is 0.351 e. The number of piperidine rings is 1. The van der Waals surface area contributed by atoms with Gasteiger partial charge in [0.2, 0.25) is 0 Å². The SMILES string of the molecule is CNCc1nc(N2CC3CCCCN3CC2C)ccc1Cl. The molecular weight excluding hydrogens is 284 g/mol. The second kappa shape index (κ2) is 6.51. The summed E-state index contributed by atoms with van der Waals surface area (Å²) in [5, 5.41) is 3.89. The van der Waals surface area contributed by atoms with Gasteiger partial charge in [-0.15, -0.1) is 0 Å².